The molecule has 0 aromatic heterocycles. The molecule has 1 aliphatic rings. The Labute approximate surface area is 115 Å². The van der Waals surface area contributed by atoms with Gasteiger partial charge in [-0.3, -0.25) is 0 Å². The number of para-hydroxylation sites is 1. The highest BCUT2D eigenvalue weighted by molar-refractivity contribution is 5.73. The van der Waals surface area contributed by atoms with Crippen molar-refractivity contribution in [3.63, 3.8) is 0 Å². The van der Waals surface area contributed by atoms with E-state index in [9.17, 15) is 5.11 Å². The summed E-state index contributed by atoms with van der Waals surface area (Å²) in [5.74, 6) is 0.706. The molecule has 1 saturated carbocycles. The highest BCUT2D eigenvalue weighted by Crippen LogP contribution is 2.43. The summed E-state index contributed by atoms with van der Waals surface area (Å²) in [6, 6.07) is 5.99. The van der Waals surface area contributed by atoms with E-state index in [1.165, 1.54) is 0 Å². The summed E-state index contributed by atoms with van der Waals surface area (Å²) in [7, 11) is 0. The van der Waals surface area contributed by atoms with Crippen molar-refractivity contribution in [3.05, 3.63) is 18.2 Å². The van der Waals surface area contributed by atoms with Gasteiger partial charge in [-0.1, -0.05) is 19.9 Å². The number of nitrogens with one attached hydrogen (secondary N) is 1. The van der Waals surface area contributed by atoms with E-state index in [0.29, 0.717) is 11.4 Å². The van der Waals surface area contributed by atoms with Crippen molar-refractivity contribution < 1.29 is 9.84 Å². The standard InChI is InChI=1S/C15H24N2O2/c1-9(2)19-11-7-5-6-10(14(11)16)17-12-8-13(18)15(12,3)4/h5-7,9,12-13,17-18H,8,16H2,1-4H3. The Morgan fingerprint density at radius 3 is 2.63 bits per heavy atom. The number of rotatable bonds is 4. The molecule has 2 rings (SSSR count). The molecule has 1 aromatic rings. The summed E-state index contributed by atoms with van der Waals surface area (Å²) in [5.41, 5.74) is 7.52. The number of nitrogen functional groups attached to an aromatic ring is 1. The van der Waals surface area contributed by atoms with Crippen LogP contribution in [0.2, 0.25) is 0 Å². The Morgan fingerprint density at radius 1 is 1.42 bits per heavy atom. The van der Waals surface area contributed by atoms with Gasteiger partial charge in [0, 0.05) is 11.5 Å². The van der Waals surface area contributed by atoms with Crippen molar-refractivity contribution in [2.75, 3.05) is 11.1 Å². The van der Waals surface area contributed by atoms with Crippen molar-refractivity contribution in [2.24, 2.45) is 5.41 Å². The molecule has 0 amide bonds. The average molecular weight is 264 g/mol. The van der Waals surface area contributed by atoms with Gasteiger partial charge in [0.1, 0.15) is 5.75 Å². The third-order valence-electron chi connectivity index (χ3n) is 3.97. The molecule has 0 radical (unpaired) electrons. The summed E-state index contributed by atoms with van der Waals surface area (Å²) < 4.78 is 5.68. The third-order valence-corrected chi connectivity index (χ3v) is 3.97. The van der Waals surface area contributed by atoms with Crippen LogP contribution in [0, 0.1) is 5.41 Å². The molecule has 2 atom stereocenters. The molecule has 0 bridgehead atoms. The molecular formula is C15H24N2O2. The van der Waals surface area contributed by atoms with Crippen LogP contribution >= 0.6 is 0 Å². The summed E-state index contributed by atoms with van der Waals surface area (Å²) in [4.78, 5) is 0. The van der Waals surface area contributed by atoms with Crippen molar-refractivity contribution >= 4 is 11.4 Å². The van der Waals surface area contributed by atoms with E-state index in [-0.39, 0.29) is 23.7 Å². The highest BCUT2D eigenvalue weighted by Gasteiger charge is 2.47. The maximum atomic E-state index is 9.77. The number of hydrogen-bond donors (Lipinski definition) is 3. The summed E-state index contributed by atoms with van der Waals surface area (Å²) in [5, 5.41) is 13.2. The largest absolute Gasteiger partial charge is 0.489 e. The molecule has 19 heavy (non-hydrogen) atoms. The van der Waals surface area contributed by atoms with Crippen LogP contribution < -0.4 is 15.8 Å². The number of ether oxygens (including phenoxy) is 1. The van der Waals surface area contributed by atoms with E-state index in [4.69, 9.17) is 10.5 Å². The van der Waals surface area contributed by atoms with Crippen molar-refractivity contribution in [3.8, 4) is 5.75 Å². The van der Waals surface area contributed by atoms with E-state index >= 15 is 0 Å². The van der Waals surface area contributed by atoms with Gasteiger partial charge in [0.15, 0.2) is 0 Å². The molecular weight excluding hydrogens is 240 g/mol. The fourth-order valence-electron chi connectivity index (χ4n) is 2.36. The zero-order chi connectivity index (χ0) is 14.2. The Morgan fingerprint density at radius 2 is 2.11 bits per heavy atom. The maximum absolute atomic E-state index is 9.77. The van der Waals surface area contributed by atoms with E-state index in [1.54, 1.807) is 0 Å². The number of aliphatic hydroxyl groups excluding tert-OH is 1. The van der Waals surface area contributed by atoms with Gasteiger partial charge in [0.05, 0.1) is 23.6 Å². The van der Waals surface area contributed by atoms with Gasteiger partial charge in [-0.05, 0) is 32.4 Å². The Bertz CT molecular complexity index is 457. The molecule has 4 nitrogen and oxygen atoms in total. The number of aliphatic hydroxyl groups is 1. The molecule has 0 saturated heterocycles. The Kier molecular flexibility index (Phi) is 3.63. The van der Waals surface area contributed by atoms with Gasteiger partial charge in [-0.15, -0.1) is 0 Å². The minimum Gasteiger partial charge on any atom is -0.489 e. The SMILES string of the molecule is CC(C)Oc1cccc(NC2CC(O)C2(C)C)c1N. The van der Waals surface area contributed by atoms with Gasteiger partial charge < -0.3 is 20.9 Å². The molecule has 0 heterocycles. The minimum atomic E-state index is -0.249. The molecule has 2 unspecified atom stereocenters. The molecule has 4 heteroatoms. The zero-order valence-electron chi connectivity index (χ0n) is 12.1. The fraction of sp³-hybridized carbons (Fsp3) is 0.600. The first-order valence-corrected chi connectivity index (χ1v) is 6.82. The van der Waals surface area contributed by atoms with Gasteiger partial charge >= 0.3 is 0 Å². The normalized spacial score (nSPS) is 24.9. The van der Waals surface area contributed by atoms with Crippen molar-refractivity contribution in [1.29, 1.82) is 0 Å². The van der Waals surface area contributed by atoms with Crippen LogP contribution in [0.15, 0.2) is 18.2 Å². The first-order valence-electron chi connectivity index (χ1n) is 6.82. The molecule has 1 fully saturated rings. The molecule has 1 aliphatic carbocycles. The van der Waals surface area contributed by atoms with Crippen LogP contribution in [0.5, 0.6) is 5.75 Å². The maximum Gasteiger partial charge on any atom is 0.144 e. The van der Waals surface area contributed by atoms with E-state index < -0.39 is 0 Å². The van der Waals surface area contributed by atoms with E-state index in [0.717, 1.165) is 12.1 Å². The number of nitrogens with two attached hydrogens (primary N) is 1. The number of hydrogen-bond acceptors (Lipinski definition) is 4. The topological polar surface area (TPSA) is 67.5 Å². The first-order chi connectivity index (χ1) is 8.82. The lowest BCUT2D eigenvalue weighted by Gasteiger charge is -2.50. The summed E-state index contributed by atoms with van der Waals surface area (Å²) >= 11 is 0. The number of benzene rings is 1. The van der Waals surface area contributed by atoms with Gasteiger partial charge in [0.2, 0.25) is 0 Å². The molecule has 0 aliphatic heterocycles. The lowest BCUT2D eigenvalue weighted by atomic mass is 9.64. The monoisotopic (exact) mass is 264 g/mol. The second-order valence-corrected chi connectivity index (χ2v) is 6.15. The van der Waals surface area contributed by atoms with Crippen LogP contribution in [-0.2, 0) is 0 Å². The minimum absolute atomic E-state index is 0.0968. The fourth-order valence-corrected chi connectivity index (χ4v) is 2.36. The second kappa shape index (κ2) is 4.93. The lowest BCUT2D eigenvalue weighted by molar-refractivity contribution is -0.0510. The second-order valence-electron chi connectivity index (χ2n) is 6.15. The van der Waals surface area contributed by atoms with E-state index in [1.807, 2.05) is 32.0 Å². The van der Waals surface area contributed by atoms with Crippen LogP contribution in [-0.4, -0.2) is 23.4 Å². The van der Waals surface area contributed by atoms with Crippen molar-refractivity contribution in [2.45, 2.75) is 52.4 Å². The van der Waals surface area contributed by atoms with Crippen LogP contribution in [0.25, 0.3) is 0 Å². The Balaban J connectivity index is 2.13. The molecule has 1 aromatic carbocycles. The van der Waals surface area contributed by atoms with Gasteiger partial charge in [-0.25, -0.2) is 0 Å². The molecule has 4 N–H and O–H groups in total. The Hall–Kier alpha value is -1.42. The zero-order valence-corrected chi connectivity index (χ0v) is 12.1. The summed E-state index contributed by atoms with van der Waals surface area (Å²) in [6.07, 6.45) is 0.600. The lowest BCUT2D eigenvalue weighted by Crippen LogP contribution is -2.56. The van der Waals surface area contributed by atoms with E-state index in [2.05, 4.69) is 19.2 Å². The quantitative estimate of drug-likeness (QED) is 0.731. The van der Waals surface area contributed by atoms with Crippen LogP contribution in [0.3, 0.4) is 0 Å². The third kappa shape index (κ3) is 2.63. The molecule has 0 spiro atoms. The number of anilines is 2. The average Bonchev–Trinajstić information content (AvgIpc) is 2.33. The predicted molar refractivity (Wildman–Crippen MR) is 78.4 cm³/mol. The summed E-state index contributed by atoms with van der Waals surface area (Å²) in [6.45, 7) is 8.07. The van der Waals surface area contributed by atoms with Crippen LogP contribution in [0.4, 0.5) is 11.4 Å². The smallest absolute Gasteiger partial charge is 0.144 e. The van der Waals surface area contributed by atoms with Crippen LogP contribution in [0.1, 0.15) is 34.1 Å². The first kappa shape index (κ1) is 14.0. The highest BCUT2D eigenvalue weighted by atomic mass is 16.5. The van der Waals surface area contributed by atoms with Crippen molar-refractivity contribution in [1.82, 2.24) is 0 Å². The predicted octanol–water partition coefficient (Wildman–Crippen LogP) is 2.63. The van der Waals surface area contributed by atoms with Gasteiger partial charge in [-0.2, -0.15) is 0 Å². The van der Waals surface area contributed by atoms with Gasteiger partial charge in [0.25, 0.3) is 0 Å². The molecule has 106 valence electrons.